The minimum absolute atomic E-state index is 0.745. The highest BCUT2D eigenvalue weighted by atomic mass is 14.9. The molecule has 0 spiro atoms. The summed E-state index contributed by atoms with van der Waals surface area (Å²) in [4.78, 5) is 0. The summed E-state index contributed by atoms with van der Waals surface area (Å²) in [5, 5.41) is 11.4. The second-order valence-corrected chi connectivity index (χ2v) is 3.89. The van der Waals surface area contributed by atoms with Crippen molar-refractivity contribution in [1.82, 2.24) is 4.57 Å². The Kier molecular flexibility index (Phi) is 1.75. The lowest BCUT2D eigenvalue weighted by Crippen LogP contribution is -1.85. The van der Waals surface area contributed by atoms with E-state index in [-0.39, 0.29) is 0 Å². The summed E-state index contributed by atoms with van der Waals surface area (Å²) in [6, 6.07) is 16.3. The van der Waals surface area contributed by atoms with Crippen LogP contribution in [-0.4, -0.2) is 4.57 Å². The van der Waals surface area contributed by atoms with Crippen LogP contribution in [0.4, 0.5) is 0 Å². The molecular formula is C14H10N2. The van der Waals surface area contributed by atoms with E-state index in [0.717, 1.165) is 21.9 Å². The molecule has 0 N–H and O–H groups in total. The molecule has 3 aromatic rings. The van der Waals surface area contributed by atoms with E-state index < -0.39 is 0 Å². The fourth-order valence-electron chi connectivity index (χ4n) is 2.30. The summed E-state index contributed by atoms with van der Waals surface area (Å²) >= 11 is 0. The Morgan fingerprint density at radius 1 is 1.00 bits per heavy atom. The van der Waals surface area contributed by atoms with Gasteiger partial charge in [-0.15, -0.1) is 0 Å². The van der Waals surface area contributed by atoms with Crippen molar-refractivity contribution in [3.05, 3.63) is 48.0 Å². The van der Waals surface area contributed by atoms with E-state index in [1.807, 2.05) is 31.3 Å². The topological polar surface area (TPSA) is 28.7 Å². The lowest BCUT2D eigenvalue weighted by molar-refractivity contribution is 1.01. The van der Waals surface area contributed by atoms with Gasteiger partial charge < -0.3 is 4.57 Å². The van der Waals surface area contributed by atoms with E-state index >= 15 is 0 Å². The smallest absolute Gasteiger partial charge is 0.0998 e. The van der Waals surface area contributed by atoms with Crippen molar-refractivity contribution in [3.8, 4) is 6.07 Å². The summed E-state index contributed by atoms with van der Waals surface area (Å²) in [6.07, 6.45) is 0. The second-order valence-electron chi connectivity index (χ2n) is 3.89. The fourth-order valence-corrected chi connectivity index (χ4v) is 2.30. The summed E-state index contributed by atoms with van der Waals surface area (Å²) in [5.74, 6) is 0. The first-order chi connectivity index (χ1) is 7.83. The van der Waals surface area contributed by atoms with Gasteiger partial charge in [0.25, 0.3) is 0 Å². The highest BCUT2D eigenvalue weighted by Gasteiger charge is 2.10. The molecule has 2 aromatic carbocycles. The van der Waals surface area contributed by atoms with Crippen molar-refractivity contribution in [2.24, 2.45) is 7.05 Å². The first-order valence-electron chi connectivity index (χ1n) is 5.19. The van der Waals surface area contributed by atoms with Crippen molar-refractivity contribution in [2.45, 2.75) is 0 Å². The number of para-hydroxylation sites is 1. The zero-order valence-corrected chi connectivity index (χ0v) is 8.94. The molecular weight excluding hydrogens is 196 g/mol. The van der Waals surface area contributed by atoms with E-state index in [9.17, 15) is 0 Å². The summed E-state index contributed by atoms with van der Waals surface area (Å²) < 4.78 is 2.13. The molecule has 2 heteroatoms. The third kappa shape index (κ3) is 1.00. The maximum Gasteiger partial charge on any atom is 0.0998 e. The molecule has 1 aromatic heterocycles. The van der Waals surface area contributed by atoms with Crippen LogP contribution >= 0.6 is 0 Å². The molecule has 0 unspecified atom stereocenters. The van der Waals surface area contributed by atoms with Gasteiger partial charge in [0.05, 0.1) is 17.1 Å². The number of aryl methyl sites for hydroxylation is 1. The van der Waals surface area contributed by atoms with Crippen molar-refractivity contribution in [2.75, 3.05) is 0 Å². The predicted octanol–water partition coefficient (Wildman–Crippen LogP) is 3.20. The van der Waals surface area contributed by atoms with Gasteiger partial charge in [-0.25, -0.2) is 0 Å². The van der Waals surface area contributed by atoms with E-state index in [2.05, 4.69) is 28.8 Å². The molecule has 2 nitrogen and oxygen atoms in total. The number of nitrogens with zero attached hydrogens (tertiary/aromatic N) is 2. The lowest BCUT2D eigenvalue weighted by atomic mass is 10.1. The molecule has 0 saturated carbocycles. The van der Waals surface area contributed by atoms with Gasteiger partial charge in [-0.1, -0.05) is 24.3 Å². The molecule has 1 heterocycles. The zero-order valence-electron chi connectivity index (χ0n) is 8.94. The van der Waals surface area contributed by atoms with Crippen LogP contribution in [0.15, 0.2) is 42.5 Å². The van der Waals surface area contributed by atoms with Gasteiger partial charge in [-0.2, -0.15) is 5.26 Å². The van der Waals surface area contributed by atoms with Crippen LogP contribution in [0, 0.1) is 11.3 Å². The zero-order chi connectivity index (χ0) is 11.1. The molecule has 76 valence electrons. The van der Waals surface area contributed by atoms with E-state index in [4.69, 9.17) is 5.26 Å². The molecule has 0 bridgehead atoms. The number of nitriles is 1. The van der Waals surface area contributed by atoms with E-state index in [0.29, 0.717) is 0 Å². The standard InChI is InChI=1S/C14H10N2/c1-16-12-7-3-2-6-11(12)14-10(9-15)5-4-8-13(14)16/h2-8H,1H3. The molecule has 16 heavy (non-hydrogen) atoms. The maximum atomic E-state index is 9.15. The predicted molar refractivity (Wildman–Crippen MR) is 65.1 cm³/mol. The second kappa shape index (κ2) is 3.11. The van der Waals surface area contributed by atoms with Crippen molar-refractivity contribution in [3.63, 3.8) is 0 Å². The Bertz CT molecular complexity index is 729. The van der Waals surface area contributed by atoms with Crippen LogP contribution < -0.4 is 0 Å². The Morgan fingerprint density at radius 2 is 1.75 bits per heavy atom. The Morgan fingerprint density at radius 3 is 2.56 bits per heavy atom. The molecule has 0 saturated heterocycles. The monoisotopic (exact) mass is 206 g/mol. The minimum atomic E-state index is 0.745. The third-order valence-corrected chi connectivity index (χ3v) is 3.06. The first-order valence-corrected chi connectivity index (χ1v) is 5.19. The quantitative estimate of drug-likeness (QED) is 0.555. The maximum absolute atomic E-state index is 9.15. The number of benzene rings is 2. The molecule has 0 fully saturated rings. The summed E-state index contributed by atoms with van der Waals surface area (Å²) in [6.45, 7) is 0. The number of rotatable bonds is 0. The van der Waals surface area contributed by atoms with Crippen LogP contribution in [0.2, 0.25) is 0 Å². The van der Waals surface area contributed by atoms with Gasteiger partial charge in [0.1, 0.15) is 0 Å². The van der Waals surface area contributed by atoms with Crippen LogP contribution in [0.1, 0.15) is 5.56 Å². The normalized spacial score (nSPS) is 10.8. The highest BCUT2D eigenvalue weighted by Crippen LogP contribution is 2.29. The largest absolute Gasteiger partial charge is 0.344 e. The molecule has 0 amide bonds. The van der Waals surface area contributed by atoms with Gasteiger partial charge in [0.15, 0.2) is 0 Å². The fraction of sp³-hybridized carbons (Fsp3) is 0.0714. The van der Waals surface area contributed by atoms with Crippen LogP contribution in [0.5, 0.6) is 0 Å². The molecule has 3 rings (SSSR count). The number of hydrogen-bond donors (Lipinski definition) is 0. The average Bonchev–Trinajstić information content (AvgIpc) is 2.64. The van der Waals surface area contributed by atoms with Crippen LogP contribution in [-0.2, 0) is 7.05 Å². The van der Waals surface area contributed by atoms with Crippen LogP contribution in [0.25, 0.3) is 21.8 Å². The molecule has 0 aliphatic carbocycles. The van der Waals surface area contributed by atoms with Gasteiger partial charge in [0.2, 0.25) is 0 Å². The lowest BCUT2D eigenvalue weighted by Gasteiger charge is -1.96. The van der Waals surface area contributed by atoms with Crippen molar-refractivity contribution < 1.29 is 0 Å². The first kappa shape index (κ1) is 8.99. The number of fused-ring (bicyclic) bond motifs is 3. The highest BCUT2D eigenvalue weighted by molar-refractivity contribution is 6.10. The van der Waals surface area contributed by atoms with Gasteiger partial charge >= 0.3 is 0 Å². The Balaban J connectivity index is 2.69. The SMILES string of the molecule is Cn1c2ccccc2c2c(C#N)cccc21. The number of hydrogen-bond acceptors (Lipinski definition) is 1. The average molecular weight is 206 g/mol. The molecule has 0 atom stereocenters. The summed E-state index contributed by atoms with van der Waals surface area (Å²) in [5.41, 5.74) is 3.02. The molecule has 0 radical (unpaired) electrons. The molecule has 0 aliphatic heterocycles. The van der Waals surface area contributed by atoms with Crippen molar-refractivity contribution >= 4 is 21.8 Å². The minimum Gasteiger partial charge on any atom is -0.344 e. The Hall–Kier alpha value is -2.27. The Labute approximate surface area is 93.3 Å². The summed E-state index contributed by atoms with van der Waals surface area (Å²) in [7, 11) is 2.03. The third-order valence-electron chi connectivity index (χ3n) is 3.06. The van der Waals surface area contributed by atoms with Gasteiger partial charge in [-0.3, -0.25) is 0 Å². The molecule has 0 aliphatic rings. The van der Waals surface area contributed by atoms with E-state index in [1.54, 1.807) is 0 Å². The van der Waals surface area contributed by atoms with Crippen molar-refractivity contribution in [1.29, 1.82) is 5.26 Å². The number of aromatic nitrogens is 1. The van der Waals surface area contributed by atoms with Gasteiger partial charge in [0, 0.05) is 23.3 Å². The van der Waals surface area contributed by atoms with Crippen LogP contribution in [0.3, 0.4) is 0 Å². The van der Waals surface area contributed by atoms with E-state index in [1.165, 1.54) is 5.52 Å². The van der Waals surface area contributed by atoms with Gasteiger partial charge in [-0.05, 0) is 18.2 Å².